The third kappa shape index (κ3) is 1.07. The molecule has 2 N–H and O–H groups in total. The van der Waals surface area contributed by atoms with Crippen LogP contribution < -0.4 is 5.84 Å². The van der Waals surface area contributed by atoms with Gasteiger partial charge in [-0.2, -0.15) is 16.4 Å². The monoisotopic (exact) mass is 126 g/mol. The van der Waals surface area contributed by atoms with E-state index in [4.69, 9.17) is 5.84 Å². The van der Waals surface area contributed by atoms with E-state index < -0.39 is 0 Å². The summed E-state index contributed by atoms with van der Waals surface area (Å²) < 4.78 is 0. The number of thiophene rings is 1. The second kappa shape index (κ2) is 2.47. The van der Waals surface area contributed by atoms with E-state index in [9.17, 15) is 0 Å². The standard InChI is InChI=1S/C5H6N2S/c6-7-3-5-1-2-8-4-5/h1-4H,6H2. The van der Waals surface area contributed by atoms with E-state index >= 15 is 0 Å². The van der Waals surface area contributed by atoms with E-state index in [1.165, 1.54) is 0 Å². The van der Waals surface area contributed by atoms with E-state index in [0.717, 1.165) is 5.56 Å². The smallest absolute Gasteiger partial charge is 0.0546 e. The molecule has 0 radical (unpaired) electrons. The Hall–Kier alpha value is -0.830. The molecule has 0 aromatic carbocycles. The van der Waals surface area contributed by atoms with Crippen LogP contribution >= 0.6 is 11.3 Å². The fraction of sp³-hybridized carbons (Fsp3) is 0. The van der Waals surface area contributed by atoms with Crippen LogP contribution in [0.4, 0.5) is 0 Å². The van der Waals surface area contributed by atoms with Gasteiger partial charge in [0, 0.05) is 5.56 Å². The summed E-state index contributed by atoms with van der Waals surface area (Å²) in [5, 5.41) is 7.33. The molecule has 0 fully saturated rings. The highest BCUT2D eigenvalue weighted by molar-refractivity contribution is 7.08. The third-order valence-electron chi connectivity index (χ3n) is 0.767. The van der Waals surface area contributed by atoms with E-state index in [0.29, 0.717) is 0 Å². The molecule has 3 heteroatoms. The van der Waals surface area contributed by atoms with Gasteiger partial charge >= 0.3 is 0 Å². The lowest BCUT2D eigenvalue weighted by Gasteiger charge is -1.74. The average molecular weight is 126 g/mol. The Kier molecular flexibility index (Phi) is 1.64. The van der Waals surface area contributed by atoms with Crippen LogP contribution in [0.1, 0.15) is 5.56 Å². The molecule has 8 heavy (non-hydrogen) atoms. The molecule has 0 saturated heterocycles. The summed E-state index contributed by atoms with van der Waals surface area (Å²) in [5.41, 5.74) is 1.07. The quantitative estimate of drug-likeness (QED) is 0.341. The minimum absolute atomic E-state index is 1.07. The molecular weight excluding hydrogens is 120 g/mol. The summed E-state index contributed by atoms with van der Waals surface area (Å²) in [6.45, 7) is 0. The zero-order valence-electron chi connectivity index (χ0n) is 4.24. The second-order valence-corrected chi connectivity index (χ2v) is 2.11. The fourth-order valence-corrected chi connectivity index (χ4v) is 1.05. The number of nitrogens with zero attached hydrogens (tertiary/aromatic N) is 1. The molecular formula is C5H6N2S. The molecule has 0 aliphatic heterocycles. The zero-order valence-corrected chi connectivity index (χ0v) is 5.06. The molecule has 2 nitrogen and oxygen atoms in total. The third-order valence-corrected chi connectivity index (χ3v) is 1.47. The van der Waals surface area contributed by atoms with Crippen LogP contribution in [-0.2, 0) is 0 Å². The normalized spacial score (nSPS) is 10.5. The van der Waals surface area contributed by atoms with Gasteiger partial charge < -0.3 is 5.84 Å². The Labute approximate surface area is 51.6 Å². The Balaban J connectivity index is 2.77. The molecule has 1 aromatic rings. The van der Waals surface area contributed by atoms with Gasteiger partial charge in [0.1, 0.15) is 0 Å². The minimum Gasteiger partial charge on any atom is -0.323 e. The van der Waals surface area contributed by atoms with Gasteiger partial charge in [-0.05, 0) is 16.8 Å². The fourth-order valence-electron chi connectivity index (χ4n) is 0.435. The van der Waals surface area contributed by atoms with Gasteiger partial charge in [-0.3, -0.25) is 0 Å². The van der Waals surface area contributed by atoms with E-state index in [-0.39, 0.29) is 0 Å². The van der Waals surface area contributed by atoms with Crippen molar-refractivity contribution in [1.29, 1.82) is 0 Å². The molecule has 0 bridgehead atoms. The molecule has 0 spiro atoms. The van der Waals surface area contributed by atoms with Crippen LogP contribution in [0.5, 0.6) is 0 Å². The van der Waals surface area contributed by atoms with Crippen molar-refractivity contribution < 1.29 is 0 Å². The maximum atomic E-state index is 4.89. The van der Waals surface area contributed by atoms with E-state index in [1.807, 2.05) is 16.8 Å². The number of hydrogen-bond acceptors (Lipinski definition) is 3. The van der Waals surface area contributed by atoms with Crippen LogP contribution in [-0.4, -0.2) is 6.21 Å². The van der Waals surface area contributed by atoms with Gasteiger partial charge in [0.25, 0.3) is 0 Å². The molecule has 0 atom stereocenters. The molecule has 1 rings (SSSR count). The Morgan fingerprint density at radius 3 is 3.12 bits per heavy atom. The van der Waals surface area contributed by atoms with Crippen molar-refractivity contribution in [3.8, 4) is 0 Å². The van der Waals surface area contributed by atoms with Crippen molar-refractivity contribution in [2.75, 3.05) is 0 Å². The summed E-state index contributed by atoms with van der Waals surface area (Å²) in [5.74, 6) is 4.89. The Morgan fingerprint density at radius 1 is 1.75 bits per heavy atom. The SMILES string of the molecule is NN=Cc1ccsc1. The lowest BCUT2D eigenvalue weighted by atomic mass is 10.4. The average Bonchev–Trinajstić information content (AvgIpc) is 2.19. The highest BCUT2D eigenvalue weighted by Gasteiger charge is 1.81. The Bertz CT molecular complexity index is 167. The van der Waals surface area contributed by atoms with E-state index in [1.54, 1.807) is 17.6 Å². The summed E-state index contributed by atoms with van der Waals surface area (Å²) in [6, 6.07) is 1.96. The van der Waals surface area contributed by atoms with Crippen molar-refractivity contribution in [2.45, 2.75) is 0 Å². The topological polar surface area (TPSA) is 38.4 Å². The number of hydrazone groups is 1. The molecule has 42 valence electrons. The second-order valence-electron chi connectivity index (χ2n) is 1.33. The largest absolute Gasteiger partial charge is 0.323 e. The number of nitrogens with two attached hydrogens (primary N) is 1. The molecule has 1 heterocycles. The van der Waals surface area contributed by atoms with Gasteiger partial charge in [0.2, 0.25) is 0 Å². The maximum Gasteiger partial charge on any atom is 0.0546 e. The van der Waals surface area contributed by atoms with Crippen molar-refractivity contribution in [1.82, 2.24) is 0 Å². The molecule has 0 unspecified atom stereocenters. The maximum absolute atomic E-state index is 4.89. The van der Waals surface area contributed by atoms with Crippen molar-refractivity contribution in [3.63, 3.8) is 0 Å². The molecule has 0 aliphatic rings. The van der Waals surface area contributed by atoms with Gasteiger partial charge in [-0.15, -0.1) is 0 Å². The van der Waals surface area contributed by atoms with Crippen LogP contribution in [0.2, 0.25) is 0 Å². The number of rotatable bonds is 1. The van der Waals surface area contributed by atoms with Crippen LogP contribution in [0.25, 0.3) is 0 Å². The first-order valence-corrected chi connectivity index (χ1v) is 3.13. The summed E-state index contributed by atoms with van der Waals surface area (Å²) in [4.78, 5) is 0. The van der Waals surface area contributed by atoms with Crippen LogP contribution in [0, 0.1) is 0 Å². The van der Waals surface area contributed by atoms with Crippen molar-refractivity contribution >= 4 is 17.6 Å². The lowest BCUT2D eigenvalue weighted by Crippen LogP contribution is -1.81. The summed E-state index contributed by atoms with van der Waals surface area (Å²) in [6.07, 6.45) is 1.62. The van der Waals surface area contributed by atoms with Gasteiger partial charge in [0.15, 0.2) is 0 Å². The molecule has 0 saturated carbocycles. The van der Waals surface area contributed by atoms with Gasteiger partial charge in [-0.25, -0.2) is 0 Å². The van der Waals surface area contributed by atoms with Crippen LogP contribution in [0.3, 0.4) is 0 Å². The number of hydrogen-bond donors (Lipinski definition) is 1. The highest BCUT2D eigenvalue weighted by Crippen LogP contribution is 2.01. The predicted molar refractivity (Wildman–Crippen MR) is 36.1 cm³/mol. The van der Waals surface area contributed by atoms with Gasteiger partial charge in [0.05, 0.1) is 6.21 Å². The first-order chi connectivity index (χ1) is 3.93. The summed E-state index contributed by atoms with van der Waals surface area (Å²) >= 11 is 1.63. The first kappa shape index (κ1) is 5.31. The zero-order chi connectivity index (χ0) is 5.82. The highest BCUT2D eigenvalue weighted by atomic mass is 32.1. The summed E-state index contributed by atoms with van der Waals surface area (Å²) in [7, 11) is 0. The lowest BCUT2D eigenvalue weighted by molar-refractivity contribution is 1.26. The minimum atomic E-state index is 1.07. The molecule has 0 aliphatic carbocycles. The van der Waals surface area contributed by atoms with Crippen molar-refractivity contribution in [2.24, 2.45) is 10.9 Å². The molecule has 0 amide bonds. The van der Waals surface area contributed by atoms with Crippen molar-refractivity contribution in [3.05, 3.63) is 22.4 Å². The Morgan fingerprint density at radius 2 is 2.62 bits per heavy atom. The predicted octanol–water partition coefficient (Wildman–Crippen LogP) is 1.04. The molecule has 1 aromatic heterocycles. The van der Waals surface area contributed by atoms with Crippen LogP contribution in [0.15, 0.2) is 21.9 Å². The van der Waals surface area contributed by atoms with Gasteiger partial charge in [-0.1, -0.05) is 0 Å². The first-order valence-electron chi connectivity index (χ1n) is 2.19. The van der Waals surface area contributed by atoms with E-state index in [2.05, 4.69) is 5.10 Å².